The monoisotopic (exact) mass is 426 g/mol. The van der Waals surface area contributed by atoms with Crippen molar-refractivity contribution in [1.82, 2.24) is 10.2 Å². The number of rotatable bonds is 6. The van der Waals surface area contributed by atoms with E-state index in [2.05, 4.69) is 5.32 Å². The number of halogens is 1. The largest absolute Gasteiger partial charge is 0.459 e. The van der Waals surface area contributed by atoms with Crippen molar-refractivity contribution < 1.29 is 13.9 Å². The van der Waals surface area contributed by atoms with Crippen LogP contribution in [0.15, 0.2) is 59.0 Å². The van der Waals surface area contributed by atoms with Crippen LogP contribution >= 0.6 is 11.6 Å². The second-order valence-electron chi connectivity index (χ2n) is 7.92. The van der Waals surface area contributed by atoms with Gasteiger partial charge < -0.3 is 14.1 Å². The zero-order valence-electron chi connectivity index (χ0n) is 17.4. The lowest BCUT2D eigenvalue weighted by molar-refractivity contribution is -0.131. The molecule has 1 aromatic heterocycles. The summed E-state index contributed by atoms with van der Waals surface area (Å²) in [6.45, 7) is 3.55. The number of benzene rings is 2. The number of ether oxygens (including phenoxy) is 1. The molecule has 0 bridgehead atoms. The summed E-state index contributed by atoms with van der Waals surface area (Å²) in [6.07, 6.45) is 1.62. The van der Waals surface area contributed by atoms with Crippen LogP contribution in [0.25, 0.3) is 11.0 Å². The maximum absolute atomic E-state index is 13.0. The van der Waals surface area contributed by atoms with E-state index in [0.717, 1.165) is 35.1 Å². The molecule has 0 aliphatic carbocycles. The van der Waals surface area contributed by atoms with E-state index in [1.165, 1.54) is 0 Å². The standard InChI is InChI=1S/C24H27ClN2O3/c1-17(22-15-18-5-3-4-6-21(18)30-22)27(2)23(28)16-26-24(11-13-29-14-12-24)19-7-9-20(25)10-8-19/h3-10,15,17,26H,11-14,16H2,1-2H3. The zero-order valence-corrected chi connectivity index (χ0v) is 18.1. The second-order valence-corrected chi connectivity index (χ2v) is 8.36. The molecule has 1 aliphatic heterocycles. The summed E-state index contributed by atoms with van der Waals surface area (Å²) in [4.78, 5) is 14.7. The fraction of sp³-hybridized carbons (Fsp3) is 0.375. The first kappa shape index (κ1) is 20.9. The second kappa shape index (κ2) is 8.80. The summed E-state index contributed by atoms with van der Waals surface area (Å²) < 4.78 is 11.5. The van der Waals surface area contributed by atoms with Gasteiger partial charge in [0.05, 0.1) is 12.6 Å². The molecule has 0 saturated carbocycles. The molecule has 1 N–H and O–H groups in total. The first-order valence-electron chi connectivity index (χ1n) is 10.3. The van der Waals surface area contributed by atoms with Crippen molar-refractivity contribution in [3.63, 3.8) is 0 Å². The highest BCUT2D eigenvalue weighted by molar-refractivity contribution is 6.30. The molecular formula is C24H27ClN2O3. The highest BCUT2D eigenvalue weighted by atomic mass is 35.5. The summed E-state index contributed by atoms with van der Waals surface area (Å²) in [7, 11) is 1.82. The number of nitrogens with zero attached hydrogens (tertiary/aromatic N) is 1. The number of furan rings is 1. The maximum Gasteiger partial charge on any atom is 0.236 e. The van der Waals surface area contributed by atoms with Crippen LogP contribution in [-0.4, -0.2) is 37.6 Å². The van der Waals surface area contributed by atoms with Crippen molar-refractivity contribution in [2.24, 2.45) is 0 Å². The quantitative estimate of drug-likeness (QED) is 0.609. The van der Waals surface area contributed by atoms with E-state index in [1.54, 1.807) is 4.90 Å². The van der Waals surface area contributed by atoms with Gasteiger partial charge in [-0.3, -0.25) is 10.1 Å². The number of fused-ring (bicyclic) bond motifs is 1. The molecule has 6 heteroatoms. The predicted molar refractivity (Wildman–Crippen MR) is 119 cm³/mol. The number of amides is 1. The van der Waals surface area contributed by atoms with Crippen LogP contribution in [0.2, 0.25) is 5.02 Å². The van der Waals surface area contributed by atoms with Gasteiger partial charge in [-0.25, -0.2) is 0 Å². The van der Waals surface area contributed by atoms with Crippen LogP contribution in [0.3, 0.4) is 0 Å². The van der Waals surface area contributed by atoms with E-state index in [9.17, 15) is 4.79 Å². The normalized spacial score (nSPS) is 17.0. The number of carbonyl (C=O) groups excluding carboxylic acids is 1. The molecule has 4 rings (SSSR count). The lowest BCUT2D eigenvalue weighted by Gasteiger charge is -2.39. The molecular weight excluding hydrogens is 400 g/mol. The number of carbonyl (C=O) groups is 1. The van der Waals surface area contributed by atoms with Crippen molar-refractivity contribution in [3.8, 4) is 0 Å². The summed E-state index contributed by atoms with van der Waals surface area (Å²) in [5.74, 6) is 0.799. The maximum atomic E-state index is 13.0. The minimum Gasteiger partial charge on any atom is -0.459 e. The van der Waals surface area contributed by atoms with Crippen LogP contribution in [0.5, 0.6) is 0 Å². The van der Waals surface area contributed by atoms with Crippen molar-refractivity contribution in [3.05, 3.63) is 70.9 Å². The van der Waals surface area contributed by atoms with Crippen molar-refractivity contribution in [2.75, 3.05) is 26.8 Å². The smallest absolute Gasteiger partial charge is 0.236 e. The van der Waals surface area contributed by atoms with E-state index in [-0.39, 0.29) is 24.0 Å². The SMILES string of the molecule is CC(c1cc2ccccc2o1)N(C)C(=O)CNC1(c2ccc(Cl)cc2)CCOCC1. The number of hydrogen-bond acceptors (Lipinski definition) is 4. The van der Waals surface area contributed by atoms with Gasteiger partial charge in [0.15, 0.2) is 0 Å². The summed E-state index contributed by atoms with van der Waals surface area (Å²) in [5, 5.41) is 5.29. The molecule has 1 fully saturated rings. The molecule has 0 radical (unpaired) electrons. The third-order valence-corrected chi connectivity index (χ3v) is 6.40. The Morgan fingerprint density at radius 2 is 1.87 bits per heavy atom. The molecule has 158 valence electrons. The molecule has 3 aromatic rings. The molecule has 1 saturated heterocycles. The average molecular weight is 427 g/mol. The predicted octanol–water partition coefficient (Wildman–Crippen LogP) is 4.90. The topological polar surface area (TPSA) is 54.7 Å². The van der Waals surface area contributed by atoms with Gasteiger partial charge in [-0.1, -0.05) is 41.9 Å². The Morgan fingerprint density at radius 1 is 1.17 bits per heavy atom. The Morgan fingerprint density at radius 3 is 2.57 bits per heavy atom. The highest BCUT2D eigenvalue weighted by Crippen LogP contribution is 2.33. The van der Waals surface area contributed by atoms with Crippen molar-refractivity contribution >= 4 is 28.5 Å². The van der Waals surface area contributed by atoms with Gasteiger partial charge in [0.25, 0.3) is 0 Å². The van der Waals surface area contributed by atoms with Gasteiger partial charge in [0.2, 0.25) is 5.91 Å². The third-order valence-electron chi connectivity index (χ3n) is 6.15. The van der Waals surface area contributed by atoms with Crippen LogP contribution in [0, 0.1) is 0 Å². The van der Waals surface area contributed by atoms with Gasteiger partial charge in [0.1, 0.15) is 11.3 Å². The fourth-order valence-corrected chi connectivity index (χ4v) is 4.17. The summed E-state index contributed by atoms with van der Waals surface area (Å²) >= 11 is 6.07. The van der Waals surface area contributed by atoms with Gasteiger partial charge in [0, 0.05) is 36.2 Å². The van der Waals surface area contributed by atoms with Gasteiger partial charge in [-0.2, -0.15) is 0 Å². The van der Waals surface area contributed by atoms with E-state index in [0.29, 0.717) is 18.2 Å². The zero-order chi connectivity index (χ0) is 21.1. The first-order chi connectivity index (χ1) is 14.5. The molecule has 5 nitrogen and oxygen atoms in total. The lowest BCUT2D eigenvalue weighted by atomic mass is 9.82. The molecule has 0 spiro atoms. The van der Waals surface area contributed by atoms with Crippen LogP contribution in [0.1, 0.15) is 37.1 Å². The molecule has 2 aromatic carbocycles. The van der Waals surface area contributed by atoms with E-state index in [1.807, 2.05) is 68.6 Å². The summed E-state index contributed by atoms with van der Waals surface area (Å²) in [6, 6.07) is 17.6. The molecule has 1 unspecified atom stereocenters. The van der Waals surface area contributed by atoms with Crippen LogP contribution in [-0.2, 0) is 15.1 Å². The molecule has 1 atom stereocenters. The Hall–Kier alpha value is -2.34. The number of likely N-dealkylation sites (N-methyl/N-ethyl adjacent to an activating group) is 1. The molecule has 30 heavy (non-hydrogen) atoms. The summed E-state index contributed by atoms with van der Waals surface area (Å²) in [5.41, 5.74) is 1.68. The average Bonchev–Trinajstić information content (AvgIpc) is 3.22. The molecule has 1 amide bonds. The van der Waals surface area contributed by atoms with Crippen LogP contribution in [0.4, 0.5) is 0 Å². The Balaban J connectivity index is 1.46. The number of para-hydroxylation sites is 1. The van der Waals surface area contributed by atoms with Crippen molar-refractivity contribution in [1.29, 1.82) is 0 Å². The third kappa shape index (κ3) is 4.24. The Labute approximate surface area is 181 Å². The highest BCUT2D eigenvalue weighted by Gasteiger charge is 2.35. The Kier molecular flexibility index (Phi) is 6.14. The molecule has 1 aliphatic rings. The first-order valence-corrected chi connectivity index (χ1v) is 10.7. The minimum atomic E-state index is -0.290. The molecule has 2 heterocycles. The van der Waals surface area contributed by atoms with E-state index < -0.39 is 0 Å². The minimum absolute atomic E-state index is 0.0165. The number of hydrogen-bond donors (Lipinski definition) is 1. The van der Waals surface area contributed by atoms with Gasteiger partial charge in [-0.05, 0) is 49.6 Å². The number of nitrogens with one attached hydrogen (secondary N) is 1. The van der Waals surface area contributed by atoms with Crippen molar-refractivity contribution in [2.45, 2.75) is 31.3 Å². The van der Waals surface area contributed by atoms with Gasteiger partial charge >= 0.3 is 0 Å². The fourth-order valence-electron chi connectivity index (χ4n) is 4.04. The lowest BCUT2D eigenvalue weighted by Crippen LogP contribution is -2.50. The van der Waals surface area contributed by atoms with E-state index in [4.69, 9.17) is 20.8 Å². The van der Waals surface area contributed by atoms with Crippen LogP contribution < -0.4 is 5.32 Å². The van der Waals surface area contributed by atoms with Gasteiger partial charge in [-0.15, -0.1) is 0 Å². The van der Waals surface area contributed by atoms with E-state index >= 15 is 0 Å². The Bertz CT molecular complexity index is 976.